The molecule has 0 aromatic heterocycles. The molecule has 64 valence electrons. The molecule has 0 aromatic carbocycles. The Kier molecular flexibility index (Phi) is 9.71. The fourth-order valence-electron chi connectivity index (χ4n) is 0.472. The molecule has 0 aliphatic carbocycles. The van der Waals surface area contributed by atoms with Crippen LogP contribution in [0.5, 0.6) is 0 Å². The predicted molar refractivity (Wildman–Crippen MR) is 39.3 cm³/mol. The topological polar surface area (TPSA) is 101 Å². The fraction of sp³-hybridized carbons (Fsp3) is 1.00. The van der Waals surface area contributed by atoms with Gasteiger partial charge in [-0.25, -0.2) is 0 Å². The molecule has 0 radical (unpaired) electrons. The van der Waals surface area contributed by atoms with Crippen molar-refractivity contribution < 1.29 is 25.5 Å². The summed E-state index contributed by atoms with van der Waals surface area (Å²) in [4.78, 5) is 0. The molecule has 0 rings (SSSR count). The van der Waals surface area contributed by atoms with Gasteiger partial charge >= 0.3 is 29.6 Å². The van der Waals surface area contributed by atoms with Gasteiger partial charge in [-0.2, -0.15) is 0 Å². The average Bonchev–Trinajstić information content (AvgIpc) is 2.00. The Bertz CT molecular complexity index is 80.9. The Labute approximate surface area is 86.6 Å². The third-order valence-electron chi connectivity index (χ3n) is 1.16. The molecule has 0 saturated heterocycles. The van der Waals surface area contributed by atoms with Crippen LogP contribution in [0.3, 0.4) is 0 Å². The van der Waals surface area contributed by atoms with Crippen LogP contribution in [0.2, 0.25) is 0 Å². The minimum absolute atomic E-state index is 0. The van der Waals surface area contributed by atoms with Crippen molar-refractivity contribution >= 4 is 29.6 Å². The van der Waals surface area contributed by atoms with E-state index >= 15 is 0 Å². The van der Waals surface area contributed by atoms with E-state index in [0.717, 1.165) is 0 Å². The van der Waals surface area contributed by atoms with E-state index in [-0.39, 0.29) is 29.6 Å². The van der Waals surface area contributed by atoms with E-state index in [1.54, 1.807) is 0 Å². The Balaban J connectivity index is 0. The molecule has 5 N–H and O–H groups in total. The van der Waals surface area contributed by atoms with Gasteiger partial charge in [0.15, 0.2) is 0 Å². The van der Waals surface area contributed by atoms with Gasteiger partial charge in [0.2, 0.25) is 0 Å². The first kappa shape index (κ1) is 14.3. The summed E-state index contributed by atoms with van der Waals surface area (Å²) in [5.41, 5.74) is 0. The summed E-state index contributed by atoms with van der Waals surface area (Å²) in [7, 11) is 0. The SMILES string of the molecule is OC[C@@H](O)[C@H](O)[C@@H](O)CO.[NaH]. The summed E-state index contributed by atoms with van der Waals surface area (Å²) >= 11 is 0. The van der Waals surface area contributed by atoms with Gasteiger partial charge in [-0.05, 0) is 0 Å². The Hall–Kier alpha value is 0.800. The normalized spacial score (nSPS) is 18.3. The van der Waals surface area contributed by atoms with Crippen molar-refractivity contribution in [3.63, 3.8) is 0 Å². The van der Waals surface area contributed by atoms with Gasteiger partial charge in [0, 0.05) is 0 Å². The van der Waals surface area contributed by atoms with Crippen LogP contribution < -0.4 is 0 Å². The molecule has 11 heavy (non-hydrogen) atoms. The van der Waals surface area contributed by atoms with E-state index in [0.29, 0.717) is 0 Å². The molecular formula is C5H13NaO5. The summed E-state index contributed by atoms with van der Waals surface area (Å²) in [6.45, 7) is -1.28. The second kappa shape index (κ2) is 7.45. The summed E-state index contributed by atoms with van der Waals surface area (Å²) in [6.07, 6.45) is -4.29. The Morgan fingerprint density at radius 3 is 1.27 bits per heavy atom. The summed E-state index contributed by atoms with van der Waals surface area (Å²) in [5.74, 6) is 0. The molecule has 0 aliphatic heterocycles. The third kappa shape index (κ3) is 5.10. The third-order valence-corrected chi connectivity index (χ3v) is 1.16. The quantitative estimate of drug-likeness (QED) is 0.285. The molecule has 0 aliphatic rings. The predicted octanol–water partition coefficient (Wildman–Crippen LogP) is -3.59. The number of rotatable bonds is 4. The molecule has 0 aromatic rings. The number of hydrogen-bond acceptors (Lipinski definition) is 5. The van der Waals surface area contributed by atoms with Crippen molar-refractivity contribution in [2.45, 2.75) is 18.3 Å². The van der Waals surface area contributed by atoms with Crippen LogP contribution in [-0.2, 0) is 0 Å². The number of hydrogen-bond donors (Lipinski definition) is 5. The summed E-state index contributed by atoms with van der Waals surface area (Å²) in [6, 6.07) is 0. The molecule has 0 saturated carbocycles. The molecule has 3 atom stereocenters. The zero-order valence-corrected chi connectivity index (χ0v) is 5.38. The fourth-order valence-corrected chi connectivity index (χ4v) is 0.472. The first-order valence-corrected chi connectivity index (χ1v) is 2.89. The molecule has 0 bridgehead atoms. The van der Waals surface area contributed by atoms with Gasteiger partial charge in [0.1, 0.15) is 18.3 Å². The van der Waals surface area contributed by atoms with E-state index in [2.05, 4.69) is 0 Å². The first-order valence-electron chi connectivity index (χ1n) is 2.89. The summed E-state index contributed by atoms with van der Waals surface area (Å²) in [5, 5.41) is 42.6. The van der Waals surface area contributed by atoms with Crippen LogP contribution in [0.4, 0.5) is 0 Å². The maximum atomic E-state index is 8.77. The van der Waals surface area contributed by atoms with Crippen molar-refractivity contribution in [2.24, 2.45) is 0 Å². The van der Waals surface area contributed by atoms with Crippen molar-refractivity contribution in [1.82, 2.24) is 0 Å². The van der Waals surface area contributed by atoms with Crippen molar-refractivity contribution in [2.75, 3.05) is 13.2 Å². The van der Waals surface area contributed by atoms with Crippen LogP contribution in [0.1, 0.15) is 0 Å². The van der Waals surface area contributed by atoms with Gasteiger partial charge in [0.05, 0.1) is 13.2 Å². The molecule has 0 spiro atoms. The van der Waals surface area contributed by atoms with E-state index < -0.39 is 31.5 Å². The second-order valence-electron chi connectivity index (χ2n) is 1.99. The molecule has 0 unspecified atom stereocenters. The zero-order chi connectivity index (χ0) is 8.15. The molecule has 0 fully saturated rings. The van der Waals surface area contributed by atoms with Gasteiger partial charge in [-0.15, -0.1) is 0 Å². The average molecular weight is 176 g/mol. The number of aliphatic hydroxyl groups is 5. The molecule has 6 heteroatoms. The Morgan fingerprint density at radius 1 is 0.818 bits per heavy atom. The monoisotopic (exact) mass is 176 g/mol. The van der Waals surface area contributed by atoms with Gasteiger partial charge in [-0.3, -0.25) is 0 Å². The van der Waals surface area contributed by atoms with Crippen molar-refractivity contribution in [3.8, 4) is 0 Å². The van der Waals surface area contributed by atoms with Gasteiger partial charge < -0.3 is 25.5 Å². The van der Waals surface area contributed by atoms with E-state index in [1.165, 1.54) is 0 Å². The van der Waals surface area contributed by atoms with E-state index in [9.17, 15) is 0 Å². The van der Waals surface area contributed by atoms with Gasteiger partial charge in [-0.1, -0.05) is 0 Å². The van der Waals surface area contributed by atoms with Gasteiger partial charge in [0.25, 0.3) is 0 Å². The van der Waals surface area contributed by atoms with Crippen LogP contribution in [-0.4, -0.2) is 86.6 Å². The molecule has 0 heterocycles. The van der Waals surface area contributed by atoms with Crippen molar-refractivity contribution in [1.29, 1.82) is 0 Å². The van der Waals surface area contributed by atoms with E-state index in [4.69, 9.17) is 25.5 Å². The first-order chi connectivity index (χ1) is 4.63. The standard InChI is InChI=1S/C5H12O5.Na.H/c6-1-3(8)5(10)4(9)2-7;;/h3-10H,1-2H2;;/t3-,4+,5+;;. The number of aliphatic hydroxyl groups excluding tert-OH is 5. The Morgan fingerprint density at radius 2 is 1.09 bits per heavy atom. The molecular weight excluding hydrogens is 163 g/mol. The second-order valence-corrected chi connectivity index (χ2v) is 1.99. The zero-order valence-electron chi connectivity index (χ0n) is 5.38. The minimum atomic E-state index is -1.49. The van der Waals surface area contributed by atoms with E-state index in [1.807, 2.05) is 0 Å². The van der Waals surface area contributed by atoms with Crippen LogP contribution in [0.15, 0.2) is 0 Å². The van der Waals surface area contributed by atoms with Crippen LogP contribution >= 0.6 is 0 Å². The van der Waals surface area contributed by atoms with Crippen molar-refractivity contribution in [3.05, 3.63) is 0 Å². The summed E-state index contributed by atoms with van der Waals surface area (Å²) < 4.78 is 0. The molecule has 5 nitrogen and oxygen atoms in total. The van der Waals surface area contributed by atoms with Crippen LogP contribution in [0, 0.1) is 0 Å². The molecule has 0 amide bonds. The maximum absolute atomic E-state index is 8.77. The van der Waals surface area contributed by atoms with Crippen LogP contribution in [0.25, 0.3) is 0 Å².